The van der Waals surface area contributed by atoms with E-state index in [0.29, 0.717) is 12.1 Å². The van der Waals surface area contributed by atoms with E-state index < -0.39 is 0 Å². The van der Waals surface area contributed by atoms with Crippen LogP contribution in [0.15, 0.2) is 6.33 Å². The molecular weight excluding hydrogens is 188 g/mol. The lowest BCUT2D eigenvalue weighted by atomic mass is 9.78. The predicted octanol–water partition coefficient (Wildman–Crippen LogP) is 1.53. The van der Waals surface area contributed by atoms with Gasteiger partial charge in [-0.15, -0.1) is 10.2 Å². The summed E-state index contributed by atoms with van der Waals surface area (Å²) in [7, 11) is 0. The minimum absolute atomic E-state index is 0.426. The van der Waals surface area contributed by atoms with Gasteiger partial charge in [0.05, 0.1) is 0 Å². The first-order chi connectivity index (χ1) is 7.20. The van der Waals surface area contributed by atoms with E-state index in [-0.39, 0.29) is 0 Å². The van der Waals surface area contributed by atoms with Crippen LogP contribution in [-0.4, -0.2) is 20.8 Å². The maximum absolute atomic E-state index is 5.78. The lowest BCUT2D eigenvalue weighted by Crippen LogP contribution is -2.37. The van der Waals surface area contributed by atoms with Crippen LogP contribution in [0.1, 0.15) is 45.0 Å². The van der Waals surface area contributed by atoms with Gasteiger partial charge in [0.25, 0.3) is 0 Å². The van der Waals surface area contributed by atoms with E-state index in [2.05, 4.69) is 28.6 Å². The van der Waals surface area contributed by atoms with Crippen molar-refractivity contribution in [1.29, 1.82) is 0 Å². The van der Waals surface area contributed by atoms with Gasteiger partial charge in [0.1, 0.15) is 12.2 Å². The van der Waals surface area contributed by atoms with Crippen molar-refractivity contribution in [3.8, 4) is 0 Å². The van der Waals surface area contributed by atoms with Gasteiger partial charge in [0.15, 0.2) is 0 Å². The molecule has 2 N–H and O–H groups in total. The summed E-state index contributed by atoms with van der Waals surface area (Å²) in [5.74, 6) is 1.85. The van der Waals surface area contributed by atoms with Crippen LogP contribution in [0.2, 0.25) is 0 Å². The van der Waals surface area contributed by atoms with E-state index in [1.165, 1.54) is 0 Å². The van der Waals surface area contributed by atoms with Crippen molar-refractivity contribution in [3.63, 3.8) is 0 Å². The number of nitrogens with zero attached hydrogens (tertiary/aromatic N) is 3. The van der Waals surface area contributed by atoms with E-state index in [9.17, 15) is 0 Å². The topological polar surface area (TPSA) is 56.7 Å². The number of hydrogen-bond donors (Lipinski definition) is 1. The fourth-order valence-electron chi connectivity index (χ4n) is 2.19. The highest BCUT2D eigenvalue weighted by atomic mass is 15.3. The number of nitrogens with two attached hydrogens (primary N) is 1. The van der Waals surface area contributed by atoms with Gasteiger partial charge in [0.2, 0.25) is 0 Å². The summed E-state index contributed by atoms with van der Waals surface area (Å²) in [6, 6.07) is 0.929. The minimum atomic E-state index is 0.426. The Kier molecular flexibility index (Phi) is 3.05. The highest BCUT2D eigenvalue weighted by Gasteiger charge is 2.27. The molecule has 1 heterocycles. The van der Waals surface area contributed by atoms with Crippen LogP contribution in [0.5, 0.6) is 0 Å². The third-order valence-corrected chi connectivity index (χ3v) is 3.46. The predicted molar refractivity (Wildman–Crippen MR) is 59.4 cm³/mol. The van der Waals surface area contributed by atoms with Crippen LogP contribution in [0, 0.1) is 5.92 Å². The summed E-state index contributed by atoms with van der Waals surface area (Å²) in [5, 5.41) is 8.21. The Morgan fingerprint density at radius 3 is 2.93 bits per heavy atom. The summed E-state index contributed by atoms with van der Waals surface area (Å²) in [6.07, 6.45) is 6.30. The number of rotatable bonds is 4. The third kappa shape index (κ3) is 2.20. The Balaban J connectivity index is 1.99. The van der Waals surface area contributed by atoms with Gasteiger partial charge in [0, 0.05) is 18.5 Å². The molecule has 84 valence electrons. The standard InChI is InChI=1S/C11H20N4/c1-3-8(2)15-7-13-14-11(15)6-9-4-10(12)5-9/h7-10H,3-6,12H2,1-2H3. The summed E-state index contributed by atoms with van der Waals surface area (Å²) >= 11 is 0. The molecule has 4 nitrogen and oxygen atoms in total. The molecule has 0 aromatic carbocycles. The van der Waals surface area contributed by atoms with Crippen molar-refractivity contribution >= 4 is 0 Å². The molecule has 1 atom stereocenters. The van der Waals surface area contributed by atoms with Crippen molar-refractivity contribution in [1.82, 2.24) is 14.8 Å². The van der Waals surface area contributed by atoms with Gasteiger partial charge in [-0.3, -0.25) is 0 Å². The van der Waals surface area contributed by atoms with Gasteiger partial charge in [-0.1, -0.05) is 6.92 Å². The smallest absolute Gasteiger partial charge is 0.133 e. The monoisotopic (exact) mass is 208 g/mol. The summed E-state index contributed by atoms with van der Waals surface area (Å²) in [4.78, 5) is 0. The first kappa shape index (κ1) is 10.6. The van der Waals surface area contributed by atoms with Crippen LogP contribution in [-0.2, 0) is 6.42 Å². The molecule has 0 spiro atoms. The van der Waals surface area contributed by atoms with Crippen LogP contribution >= 0.6 is 0 Å². The Morgan fingerprint density at radius 1 is 1.60 bits per heavy atom. The van der Waals surface area contributed by atoms with Gasteiger partial charge < -0.3 is 10.3 Å². The van der Waals surface area contributed by atoms with Gasteiger partial charge in [-0.05, 0) is 32.1 Å². The first-order valence-corrected chi connectivity index (χ1v) is 5.84. The lowest BCUT2D eigenvalue weighted by molar-refractivity contribution is 0.256. The molecule has 0 aliphatic heterocycles. The molecule has 1 aliphatic rings. The van der Waals surface area contributed by atoms with Crippen LogP contribution in [0.3, 0.4) is 0 Å². The van der Waals surface area contributed by atoms with Crippen LogP contribution < -0.4 is 5.73 Å². The maximum atomic E-state index is 5.78. The van der Waals surface area contributed by atoms with Crippen molar-refractivity contribution < 1.29 is 0 Å². The van der Waals surface area contributed by atoms with E-state index in [4.69, 9.17) is 5.73 Å². The molecule has 0 amide bonds. The van der Waals surface area contributed by atoms with Gasteiger partial charge in [-0.25, -0.2) is 0 Å². The Morgan fingerprint density at radius 2 is 2.33 bits per heavy atom. The maximum Gasteiger partial charge on any atom is 0.133 e. The molecule has 1 aromatic heterocycles. The Hall–Kier alpha value is -0.900. The molecule has 2 rings (SSSR count). The normalized spacial score (nSPS) is 27.4. The Bertz CT molecular complexity index is 314. The molecule has 1 saturated carbocycles. The zero-order valence-electron chi connectivity index (χ0n) is 9.56. The molecule has 1 aromatic rings. The highest BCUT2D eigenvalue weighted by molar-refractivity contribution is 4.95. The molecule has 0 bridgehead atoms. The summed E-state index contributed by atoms with van der Waals surface area (Å²) in [6.45, 7) is 4.40. The van der Waals surface area contributed by atoms with E-state index in [1.54, 1.807) is 0 Å². The fourth-order valence-corrected chi connectivity index (χ4v) is 2.19. The van der Waals surface area contributed by atoms with E-state index in [0.717, 1.165) is 37.4 Å². The SMILES string of the molecule is CCC(C)n1cnnc1CC1CC(N)C1. The van der Waals surface area contributed by atoms with Crippen molar-refractivity contribution in [2.75, 3.05) is 0 Å². The molecule has 1 aliphatic carbocycles. The van der Waals surface area contributed by atoms with Crippen molar-refractivity contribution in [2.45, 2.75) is 51.6 Å². The van der Waals surface area contributed by atoms with E-state index >= 15 is 0 Å². The molecule has 15 heavy (non-hydrogen) atoms. The summed E-state index contributed by atoms with van der Waals surface area (Å²) < 4.78 is 2.20. The second-order valence-corrected chi connectivity index (χ2v) is 4.71. The second kappa shape index (κ2) is 4.31. The highest BCUT2D eigenvalue weighted by Crippen LogP contribution is 2.29. The van der Waals surface area contributed by atoms with Crippen molar-refractivity contribution in [2.24, 2.45) is 11.7 Å². The van der Waals surface area contributed by atoms with Crippen LogP contribution in [0.25, 0.3) is 0 Å². The van der Waals surface area contributed by atoms with Crippen LogP contribution in [0.4, 0.5) is 0 Å². The van der Waals surface area contributed by atoms with Crippen molar-refractivity contribution in [3.05, 3.63) is 12.2 Å². The van der Waals surface area contributed by atoms with E-state index in [1.807, 2.05) is 6.33 Å². The molecule has 0 saturated heterocycles. The first-order valence-electron chi connectivity index (χ1n) is 5.84. The molecule has 1 fully saturated rings. The average molecular weight is 208 g/mol. The second-order valence-electron chi connectivity index (χ2n) is 4.71. The van der Waals surface area contributed by atoms with Gasteiger partial charge >= 0.3 is 0 Å². The molecule has 1 unspecified atom stereocenters. The van der Waals surface area contributed by atoms with Gasteiger partial charge in [-0.2, -0.15) is 0 Å². The molecule has 0 radical (unpaired) electrons. The zero-order valence-corrected chi connectivity index (χ0v) is 9.56. The summed E-state index contributed by atoms with van der Waals surface area (Å²) in [5.41, 5.74) is 5.78. The Labute approximate surface area is 90.9 Å². The zero-order chi connectivity index (χ0) is 10.8. The fraction of sp³-hybridized carbons (Fsp3) is 0.818. The number of hydrogen-bond acceptors (Lipinski definition) is 3. The number of aromatic nitrogens is 3. The lowest BCUT2D eigenvalue weighted by Gasteiger charge is -2.32. The minimum Gasteiger partial charge on any atom is -0.328 e. The average Bonchev–Trinajstić information content (AvgIpc) is 2.62. The molecule has 4 heteroatoms. The third-order valence-electron chi connectivity index (χ3n) is 3.46. The quantitative estimate of drug-likeness (QED) is 0.816. The molecular formula is C11H20N4. The largest absolute Gasteiger partial charge is 0.328 e.